The molecule has 1 fully saturated rings. The van der Waals surface area contributed by atoms with Crippen molar-refractivity contribution in [3.8, 4) is 11.4 Å². The molecule has 0 aliphatic heterocycles. The van der Waals surface area contributed by atoms with Crippen molar-refractivity contribution < 1.29 is 9.59 Å². The molecule has 0 amide bonds. The number of pyridine rings is 1. The predicted octanol–water partition coefficient (Wildman–Crippen LogP) is 7.66. The van der Waals surface area contributed by atoms with E-state index in [1.54, 1.807) is 12.1 Å². The van der Waals surface area contributed by atoms with Crippen LogP contribution in [0, 0.1) is 12.8 Å². The van der Waals surface area contributed by atoms with E-state index < -0.39 is 0 Å². The van der Waals surface area contributed by atoms with Crippen molar-refractivity contribution in [3.63, 3.8) is 0 Å². The fourth-order valence-corrected chi connectivity index (χ4v) is 3.96. The fourth-order valence-electron chi connectivity index (χ4n) is 3.96. The van der Waals surface area contributed by atoms with Crippen LogP contribution in [0.4, 0.5) is 5.69 Å². The number of nitrogens with one attached hydrogen (secondary N) is 2. The van der Waals surface area contributed by atoms with Gasteiger partial charge in [-0.2, -0.15) is 0 Å². The summed E-state index contributed by atoms with van der Waals surface area (Å²) in [6, 6.07) is 19.2. The van der Waals surface area contributed by atoms with Crippen molar-refractivity contribution in [2.75, 3.05) is 12.4 Å². The molecule has 1 saturated carbocycles. The molecule has 6 nitrogen and oxygen atoms in total. The van der Waals surface area contributed by atoms with Crippen LogP contribution in [0.1, 0.15) is 68.4 Å². The Kier molecular flexibility index (Phi) is 13.4. The second-order valence-corrected chi connectivity index (χ2v) is 9.12. The van der Waals surface area contributed by atoms with Gasteiger partial charge < -0.3 is 15.1 Å². The summed E-state index contributed by atoms with van der Waals surface area (Å²) in [6.45, 7) is 5.79. The van der Waals surface area contributed by atoms with Crippen molar-refractivity contribution in [3.05, 3.63) is 78.1 Å². The van der Waals surface area contributed by atoms with Crippen LogP contribution in [-0.2, 0) is 4.79 Å². The van der Waals surface area contributed by atoms with Crippen LogP contribution >= 0.6 is 0 Å². The van der Waals surface area contributed by atoms with Crippen molar-refractivity contribution in [2.24, 2.45) is 5.92 Å². The summed E-state index contributed by atoms with van der Waals surface area (Å²) in [7, 11) is 1.91. The third-order valence-corrected chi connectivity index (χ3v) is 6.03. The standard InChI is InChI=1S/C14H14N4.C8H16.C7H6O.C2H4O/c1-9-7-12-13(8-16-9)18-14(17-12)10-3-5-11(15-2)6-4-10;1-8-6-4-2-3-5-7-8;8-6-7-4-2-1-3-5-7;1-2-3/h3-8,15H,1-2H3,(H,17,18);8H,2-7H2,1H3;1-6H;2H,1H3. The minimum absolute atomic E-state index is 0.729. The summed E-state index contributed by atoms with van der Waals surface area (Å²) in [4.78, 5) is 30.9. The summed E-state index contributed by atoms with van der Waals surface area (Å²) in [5.41, 5.74) is 5.79. The molecule has 6 heteroatoms. The first-order chi connectivity index (χ1) is 18.0. The van der Waals surface area contributed by atoms with E-state index in [-0.39, 0.29) is 0 Å². The summed E-state index contributed by atoms with van der Waals surface area (Å²) < 4.78 is 0. The van der Waals surface area contributed by atoms with E-state index in [1.165, 1.54) is 45.4 Å². The van der Waals surface area contributed by atoms with Gasteiger partial charge in [0.05, 0.1) is 17.2 Å². The van der Waals surface area contributed by atoms with Gasteiger partial charge >= 0.3 is 0 Å². The second kappa shape index (κ2) is 16.8. The highest BCUT2D eigenvalue weighted by Gasteiger charge is 2.06. The molecule has 0 spiro atoms. The first kappa shape index (κ1) is 29.4. The van der Waals surface area contributed by atoms with Gasteiger partial charge in [0.1, 0.15) is 18.4 Å². The van der Waals surface area contributed by atoms with Gasteiger partial charge in [-0.15, -0.1) is 0 Å². The number of hydrogen-bond donors (Lipinski definition) is 2. The van der Waals surface area contributed by atoms with E-state index in [9.17, 15) is 4.79 Å². The number of benzene rings is 2. The lowest BCUT2D eigenvalue weighted by Gasteiger charge is -2.02. The maximum absolute atomic E-state index is 10.0. The number of imidazole rings is 1. The molecule has 2 aromatic carbocycles. The van der Waals surface area contributed by atoms with E-state index in [0.29, 0.717) is 0 Å². The summed E-state index contributed by atoms with van der Waals surface area (Å²) in [5.74, 6) is 1.90. The number of anilines is 1. The van der Waals surface area contributed by atoms with Gasteiger partial charge in [-0.05, 0) is 50.1 Å². The van der Waals surface area contributed by atoms with Crippen LogP contribution in [0.15, 0.2) is 66.9 Å². The van der Waals surface area contributed by atoms with Crippen LogP contribution in [0.3, 0.4) is 0 Å². The quantitative estimate of drug-likeness (QED) is 0.223. The number of fused-ring (bicyclic) bond motifs is 1. The van der Waals surface area contributed by atoms with Crippen LogP contribution < -0.4 is 5.32 Å². The molecule has 2 N–H and O–H groups in total. The Bertz CT molecular complexity index is 1180. The Labute approximate surface area is 221 Å². The zero-order valence-electron chi connectivity index (χ0n) is 22.5. The molecule has 0 unspecified atom stereocenters. The smallest absolute Gasteiger partial charge is 0.150 e. The molecule has 4 aromatic rings. The molecule has 2 heterocycles. The van der Waals surface area contributed by atoms with Crippen LogP contribution in [0.25, 0.3) is 22.4 Å². The number of aryl methyl sites for hydroxylation is 1. The first-order valence-corrected chi connectivity index (χ1v) is 13.0. The average Bonchev–Trinajstić information content (AvgIpc) is 3.20. The molecular formula is C31H40N4O2. The Morgan fingerprint density at radius 3 is 2.11 bits per heavy atom. The first-order valence-electron chi connectivity index (χ1n) is 13.0. The molecule has 196 valence electrons. The van der Waals surface area contributed by atoms with Crippen molar-refractivity contribution in [1.82, 2.24) is 15.0 Å². The topological polar surface area (TPSA) is 87.7 Å². The van der Waals surface area contributed by atoms with E-state index >= 15 is 0 Å². The number of nitrogens with zero attached hydrogens (tertiary/aromatic N) is 2. The normalized spacial score (nSPS) is 12.9. The average molecular weight is 501 g/mol. The monoisotopic (exact) mass is 500 g/mol. The van der Waals surface area contributed by atoms with Crippen molar-refractivity contribution >= 4 is 29.3 Å². The van der Waals surface area contributed by atoms with Crippen molar-refractivity contribution in [2.45, 2.75) is 59.3 Å². The lowest BCUT2D eigenvalue weighted by Crippen LogP contribution is -1.88. The number of hydrogen-bond acceptors (Lipinski definition) is 5. The summed E-state index contributed by atoms with van der Waals surface area (Å²) in [5, 5.41) is 3.10. The van der Waals surface area contributed by atoms with Gasteiger partial charge in [0.2, 0.25) is 0 Å². The minimum atomic E-state index is 0.729. The zero-order valence-corrected chi connectivity index (χ0v) is 22.5. The third-order valence-electron chi connectivity index (χ3n) is 6.03. The molecule has 2 aromatic heterocycles. The number of carbonyl (C=O) groups is 2. The fraction of sp³-hybridized carbons (Fsp3) is 0.355. The summed E-state index contributed by atoms with van der Waals surface area (Å²) >= 11 is 0. The summed E-state index contributed by atoms with van der Waals surface area (Å²) in [6.07, 6.45) is 12.3. The largest absolute Gasteiger partial charge is 0.388 e. The predicted molar refractivity (Wildman–Crippen MR) is 154 cm³/mol. The van der Waals surface area contributed by atoms with Crippen LogP contribution in [0.2, 0.25) is 0 Å². The Hall–Kier alpha value is -3.80. The molecule has 37 heavy (non-hydrogen) atoms. The van der Waals surface area contributed by atoms with Crippen LogP contribution in [0.5, 0.6) is 0 Å². The lowest BCUT2D eigenvalue weighted by molar-refractivity contribution is -0.106. The van der Waals surface area contributed by atoms with E-state index in [1.807, 2.05) is 68.7 Å². The van der Waals surface area contributed by atoms with E-state index in [0.717, 1.165) is 57.9 Å². The lowest BCUT2D eigenvalue weighted by atomic mass is 10.0. The second-order valence-electron chi connectivity index (χ2n) is 9.12. The van der Waals surface area contributed by atoms with Gasteiger partial charge in [-0.25, -0.2) is 4.98 Å². The SMILES string of the molecule is CC1CCCCCC1.CC=O.CNc1ccc(-c2nc3cc(C)ncc3[nH]2)cc1.O=Cc1ccccc1. The van der Waals surface area contributed by atoms with Gasteiger partial charge in [-0.3, -0.25) is 9.78 Å². The number of aldehydes is 2. The molecule has 0 radical (unpaired) electrons. The van der Waals surface area contributed by atoms with Crippen molar-refractivity contribution in [1.29, 1.82) is 0 Å². The maximum atomic E-state index is 10.0. The molecule has 0 atom stereocenters. The van der Waals surface area contributed by atoms with Gasteiger partial charge in [0.25, 0.3) is 0 Å². The Morgan fingerprint density at radius 1 is 0.946 bits per heavy atom. The Morgan fingerprint density at radius 2 is 1.57 bits per heavy atom. The number of aromatic amines is 1. The highest BCUT2D eigenvalue weighted by Crippen LogP contribution is 2.22. The Balaban J connectivity index is 0.000000211. The van der Waals surface area contributed by atoms with Crippen LogP contribution in [-0.4, -0.2) is 34.6 Å². The third kappa shape index (κ3) is 10.8. The van der Waals surface area contributed by atoms with E-state index in [2.05, 4.69) is 27.2 Å². The number of rotatable bonds is 3. The molecule has 0 bridgehead atoms. The highest BCUT2D eigenvalue weighted by molar-refractivity contribution is 5.79. The molecule has 1 aliphatic carbocycles. The number of aromatic nitrogens is 3. The maximum Gasteiger partial charge on any atom is 0.150 e. The van der Waals surface area contributed by atoms with Gasteiger partial charge in [-0.1, -0.05) is 75.8 Å². The van der Waals surface area contributed by atoms with Gasteiger partial charge in [0.15, 0.2) is 0 Å². The minimum Gasteiger partial charge on any atom is -0.388 e. The highest BCUT2D eigenvalue weighted by atomic mass is 16.1. The molecule has 1 aliphatic rings. The van der Waals surface area contributed by atoms with Gasteiger partial charge in [0, 0.05) is 29.6 Å². The zero-order chi connectivity index (χ0) is 26.9. The number of H-pyrrole nitrogens is 1. The van der Waals surface area contributed by atoms with E-state index in [4.69, 9.17) is 4.79 Å². The number of carbonyl (C=O) groups excluding carboxylic acids is 2. The molecule has 5 rings (SSSR count). The molecule has 0 saturated heterocycles. The molecular weight excluding hydrogens is 460 g/mol.